The van der Waals surface area contributed by atoms with E-state index in [4.69, 9.17) is 11.6 Å². The zero-order valence-corrected chi connectivity index (χ0v) is 16.1. The Labute approximate surface area is 160 Å². The monoisotopic (exact) mass is 375 g/mol. The van der Waals surface area contributed by atoms with Crippen molar-refractivity contribution in [3.63, 3.8) is 0 Å². The van der Waals surface area contributed by atoms with Crippen LogP contribution in [0.5, 0.6) is 0 Å². The van der Waals surface area contributed by atoms with Crippen LogP contribution in [0.3, 0.4) is 0 Å². The van der Waals surface area contributed by atoms with Gasteiger partial charge in [-0.25, -0.2) is 4.39 Å². The summed E-state index contributed by atoms with van der Waals surface area (Å²) >= 11 is 6.17. The van der Waals surface area contributed by atoms with Crippen molar-refractivity contribution in [1.29, 1.82) is 0 Å². The Morgan fingerprint density at radius 2 is 2.04 bits per heavy atom. The predicted octanol–water partition coefficient (Wildman–Crippen LogP) is 4.20. The Morgan fingerprint density at radius 3 is 2.73 bits per heavy atom. The molecular weight excluding hydrogens is 349 g/mol. The molecule has 0 atom stereocenters. The van der Waals surface area contributed by atoms with Crippen molar-refractivity contribution < 1.29 is 4.39 Å². The number of benzene rings is 1. The summed E-state index contributed by atoms with van der Waals surface area (Å²) in [4.78, 5) is 2.30. The van der Waals surface area contributed by atoms with E-state index < -0.39 is 0 Å². The highest BCUT2D eigenvalue weighted by Crippen LogP contribution is 2.36. The summed E-state index contributed by atoms with van der Waals surface area (Å²) in [5, 5.41) is 6.93. The van der Waals surface area contributed by atoms with Gasteiger partial charge < -0.3 is 15.5 Å². The summed E-state index contributed by atoms with van der Waals surface area (Å²) in [5.41, 5.74) is 5.42. The lowest BCUT2D eigenvalue weighted by Gasteiger charge is -2.37. The van der Waals surface area contributed by atoms with Gasteiger partial charge in [-0.15, -0.1) is 0 Å². The predicted molar refractivity (Wildman–Crippen MR) is 107 cm³/mol. The Hall–Kier alpha value is -1.78. The maximum absolute atomic E-state index is 13.7. The molecule has 140 valence electrons. The molecule has 1 fully saturated rings. The molecule has 0 radical (unpaired) electrons. The van der Waals surface area contributed by atoms with E-state index in [0.29, 0.717) is 5.92 Å². The van der Waals surface area contributed by atoms with E-state index in [-0.39, 0.29) is 10.8 Å². The van der Waals surface area contributed by atoms with Crippen LogP contribution in [0.1, 0.15) is 30.7 Å². The SMILES string of the molecule is C=C(C(=C)N1CCC(c2cccc(F)c2Cl)CC1)C1=C(NC)CNCC1. The minimum absolute atomic E-state index is 0.271. The third kappa shape index (κ3) is 3.81. The van der Waals surface area contributed by atoms with Gasteiger partial charge in [0.25, 0.3) is 0 Å². The molecule has 3 nitrogen and oxygen atoms in total. The third-order valence-electron chi connectivity index (χ3n) is 5.53. The molecule has 1 aromatic rings. The first-order valence-electron chi connectivity index (χ1n) is 9.20. The molecule has 0 saturated carbocycles. The topological polar surface area (TPSA) is 27.3 Å². The molecule has 1 saturated heterocycles. The average molecular weight is 376 g/mol. The second-order valence-electron chi connectivity index (χ2n) is 6.96. The lowest BCUT2D eigenvalue weighted by molar-refractivity contribution is 0.268. The number of nitrogens with one attached hydrogen (secondary N) is 2. The summed E-state index contributed by atoms with van der Waals surface area (Å²) in [6.45, 7) is 12.2. The second kappa shape index (κ2) is 8.28. The Bertz CT molecular complexity index is 733. The molecular formula is C21H27ClFN3. The Balaban J connectivity index is 1.66. The van der Waals surface area contributed by atoms with Crippen molar-refractivity contribution in [2.24, 2.45) is 0 Å². The molecule has 2 N–H and O–H groups in total. The van der Waals surface area contributed by atoms with E-state index in [1.165, 1.54) is 17.3 Å². The fourth-order valence-corrected chi connectivity index (χ4v) is 4.20. The van der Waals surface area contributed by atoms with Crippen LogP contribution in [-0.2, 0) is 0 Å². The first-order chi connectivity index (χ1) is 12.5. The molecule has 0 bridgehead atoms. The minimum Gasteiger partial charge on any atom is -0.390 e. The van der Waals surface area contributed by atoms with Crippen molar-refractivity contribution >= 4 is 11.6 Å². The van der Waals surface area contributed by atoms with E-state index in [0.717, 1.165) is 62.3 Å². The fraction of sp³-hybridized carbons (Fsp3) is 0.429. The maximum Gasteiger partial charge on any atom is 0.142 e. The van der Waals surface area contributed by atoms with Crippen LogP contribution in [0.2, 0.25) is 5.02 Å². The van der Waals surface area contributed by atoms with E-state index in [1.807, 2.05) is 13.1 Å². The van der Waals surface area contributed by atoms with Gasteiger partial charge in [0.2, 0.25) is 0 Å². The molecule has 2 heterocycles. The van der Waals surface area contributed by atoms with Gasteiger partial charge in [-0.3, -0.25) is 0 Å². The van der Waals surface area contributed by atoms with Crippen molar-refractivity contribution in [3.8, 4) is 0 Å². The lowest BCUT2D eigenvalue weighted by Crippen LogP contribution is -2.35. The zero-order valence-electron chi connectivity index (χ0n) is 15.4. The second-order valence-corrected chi connectivity index (χ2v) is 7.34. The largest absolute Gasteiger partial charge is 0.390 e. The first-order valence-corrected chi connectivity index (χ1v) is 9.58. The van der Waals surface area contributed by atoms with E-state index in [1.54, 1.807) is 6.07 Å². The average Bonchev–Trinajstić information content (AvgIpc) is 2.69. The van der Waals surface area contributed by atoms with Gasteiger partial charge in [-0.2, -0.15) is 0 Å². The molecule has 26 heavy (non-hydrogen) atoms. The normalized spacial score (nSPS) is 18.8. The van der Waals surface area contributed by atoms with Gasteiger partial charge in [0.05, 0.1) is 5.02 Å². The van der Waals surface area contributed by atoms with Crippen LogP contribution >= 0.6 is 11.6 Å². The van der Waals surface area contributed by atoms with Crippen LogP contribution < -0.4 is 10.6 Å². The molecule has 5 heteroatoms. The summed E-state index contributed by atoms with van der Waals surface area (Å²) in [5.74, 6) is -0.0386. The summed E-state index contributed by atoms with van der Waals surface area (Å²) in [6, 6.07) is 5.10. The van der Waals surface area contributed by atoms with Crippen LogP contribution in [0.15, 0.2) is 53.9 Å². The number of piperidine rings is 1. The molecule has 0 aromatic heterocycles. The number of hydrogen-bond acceptors (Lipinski definition) is 3. The van der Waals surface area contributed by atoms with Gasteiger partial charge in [0, 0.05) is 38.1 Å². The molecule has 0 aliphatic carbocycles. The summed E-state index contributed by atoms with van der Waals surface area (Å²) in [6.07, 6.45) is 2.84. The van der Waals surface area contributed by atoms with Crippen LogP contribution in [-0.4, -0.2) is 38.1 Å². The highest BCUT2D eigenvalue weighted by Gasteiger charge is 2.26. The number of hydrogen-bond donors (Lipinski definition) is 2. The Morgan fingerprint density at radius 1 is 1.31 bits per heavy atom. The molecule has 0 amide bonds. The van der Waals surface area contributed by atoms with Crippen molar-refractivity contribution in [3.05, 3.63) is 70.3 Å². The third-order valence-corrected chi connectivity index (χ3v) is 5.93. The van der Waals surface area contributed by atoms with Crippen LogP contribution in [0, 0.1) is 5.82 Å². The van der Waals surface area contributed by atoms with Gasteiger partial charge in [0.15, 0.2) is 0 Å². The summed E-state index contributed by atoms with van der Waals surface area (Å²) < 4.78 is 13.7. The molecule has 0 spiro atoms. The Kier molecular flexibility index (Phi) is 6.05. The first kappa shape index (κ1) is 19.0. The van der Waals surface area contributed by atoms with Gasteiger partial charge >= 0.3 is 0 Å². The van der Waals surface area contributed by atoms with E-state index in [2.05, 4.69) is 28.7 Å². The van der Waals surface area contributed by atoms with Crippen molar-refractivity contribution in [2.75, 3.05) is 33.2 Å². The van der Waals surface area contributed by atoms with Gasteiger partial charge in [-0.05, 0) is 54.5 Å². The van der Waals surface area contributed by atoms with Gasteiger partial charge in [0.1, 0.15) is 5.82 Å². The quantitative estimate of drug-likeness (QED) is 0.755. The molecule has 3 rings (SSSR count). The molecule has 1 aromatic carbocycles. The number of likely N-dealkylation sites (tertiary alicyclic amines) is 1. The van der Waals surface area contributed by atoms with Crippen LogP contribution in [0.25, 0.3) is 0 Å². The van der Waals surface area contributed by atoms with Crippen LogP contribution in [0.4, 0.5) is 4.39 Å². The fourth-order valence-electron chi connectivity index (χ4n) is 3.92. The summed E-state index contributed by atoms with van der Waals surface area (Å²) in [7, 11) is 1.95. The molecule has 2 aliphatic rings. The highest BCUT2D eigenvalue weighted by atomic mass is 35.5. The van der Waals surface area contributed by atoms with Gasteiger partial charge in [-0.1, -0.05) is 36.9 Å². The van der Waals surface area contributed by atoms with E-state index in [9.17, 15) is 4.39 Å². The standard InChI is InChI=1S/C21H27ClFN3/c1-14(17-7-10-25-13-20(17)24-3)15(2)26-11-8-16(9-12-26)18-5-4-6-19(23)21(18)22/h4-6,16,24-25H,1-2,7-13H2,3H3. The number of rotatable bonds is 5. The zero-order chi connectivity index (χ0) is 18.7. The smallest absolute Gasteiger partial charge is 0.142 e. The number of halogens is 2. The van der Waals surface area contributed by atoms with Crippen molar-refractivity contribution in [2.45, 2.75) is 25.2 Å². The number of allylic oxidation sites excluding steroid dienone is 1. The minimum atomic E-state index is -0.332. The number of nitrogens with zero attached hydrogens (tertiary/aromatic N) is 1. The maximum atomic E-state index is 13.7. The molecule has 2 aliphatic heterocycles. The molecule has 0 unspecified atom stereocenters. The lowest BCUT2D eigenvalue weighted by atomic mass is 9.88. The van der Waals surface area contributed by atoms with Crippen molar-refractivity contribution in [1.82, 2.24) is 15.5 Å². The van der Waals surface area contributed by atoms with E-state index >= 15 is 0 Å². The highest BCUT2D eigenvalue weighted by molar-refractivity contribution is 6.31. The number of likely N-dealkylation sites (N-methyl/N-ethyl adjacent to an activating group) is 1.